The molecule has 4 heteroatoms. The summed E-state index contributed by atoms with van der Waals surface area (Å²) in [6.45, 7) is 5.07. The van der Waals surface area contributed by atoms with Gasteiger partial charge in [0.1, 0.15) is 0 Å². The minimum atomic E-state index is 0.747. The van der Waals surface area contributed by atoms with Gasteiger partial charge >= 0.3 is 0 Å². The van der Waals surface area contributed by atoms with E-state index >= 15 is 0 Å². The molecule has 2 heterocycles. The molecular weight excluding hydrogens is 244 g/mol. The molecule has 1 fully saturated rings. The molecule has 0 N–H and O–H groups in total. The van der Waals surface area contributed by atoms with Crippen molar-refractivity contribution in [1.82, 2.24) is 4.90 Å². The van der Waals surface area contributed by atoms with Gasteiger partial charge in [-0.05, 0) is 23.6 Å². The number of hydrogen-bond donors (Lipinski definition) is 0. The van der Waals surface area contributed by atoms with E-state index < -0.39 is 0 Å². The van der Waals surface area contributed by atoms with Crippen molar-refractivity contribution in [2.45, 2.75) is 0 Å². The van der Waals surface area contributed by atoms with E-state index in [0.29, 0.717) is 0 Å². The van der Waals surface area contributed by atoms with Gasteiger partial charge in [-0.1, -0.05) is 6.07 Å². The van der Waals surface area contributed by atoms with Crippen molar-refractivity contribution in [3.05, 3.63) is 29.6 Å². The number of fused-ring (bicyclic) bond motifs is 1. The molecule has 1 aromatic heterocycles. The van der Waals surface area contributed by atoms with Crippen molar-refractivity contribution >= 4 is 27.1 Å². The minimum absolute atomic E-state index is 0.747. The number of thiophene rings is 1. The van der Waals surface area contributed by atoms with E-state index in [2.05, 4.69) is 39.4 Å². The number of rotatable bonds is 3. The lowest BCUT2D eigenvalue weighted by atomic mass is 10.2. The molecule has 1 aliphatic rings. The fraction of sp³-hybridized carbons (Fsp3) is 0.429. The number of nitrogens with zero attached hydrogens (tertiary/aromatic N) is 2. The van der Waals surface area contributed by atoms with Gasteiger partial charge in [-0.25, -0.2) is 0 Å². The van der Waals surface area contributed by atoms with Crippen LogP contribution in [0.25, 0.3) is 10.1 Å². The molecule has 1 aliphatic heterocycles. The van der Waals surface area contributed by atoms with Crippen LogP contribution in [0.3, 0.4) is 0 Å². The van der Waals surface area contributed by atoms with Gasteiger partial charge in [0.15, 0.2) is 0 Å². The first-order valence-corrected chi connectivity index (χ1v) is 7.19. The van der Waals surface area contributed by atoms with Crippen LogP contribution in [-0.4, -0.2) is 44.9 Å². The standard InChI is InChI=1S/C14H18N2OS/c1-17-11-15-6-8-16(9-7-15)13-3-2-4-14-12(13)5-10-18-14/h2-5,10H,6-9,11H2,1H3. The van der Waals surface area contributed by atoms with Gasteiger partial charge in [-0.3, -0.25) is 4.90 Å². The van der Waals surface area contributed by atoms with Gasteiger partial charge < -0.3 is 9.64 Å². The Balaban J connectivity index is 1.78. The second kappa shape index (κ2) is 5.26. The van der Waals surface area contributed by atoms with Crippen LogP contribution in [0, 0.1) is 0 Å². The van der Waals surface area contributed by atoms with E-state index in [1.165, 1.54) is 15.8 Å². The van der Waals surface area contributed by atoms with Crippen molar-refractivity contribution < 1.29 is 4.74 Å². The van der Waals surface area contributed by atoms with E-state index in [9.17, 15) is 0 Å². The summed E-state index contributed by atoms with van der Waals surface area (Å²) >= 11 is 1.82. The Labute approximate surface area is 112 Å². The molecule has 96 valence electrons. The molecular formula is C14H18N2OS. The zero-order chi connectivity index (χ0) is 12.4. The van der Waals surface area contributed by atoms with E-state index in [1.54, 1.807) is 7.11 Å². The molecule has 0 saturated carbocycles. The highest BCUT2D eigenvalue weighted by molar-refractivity contribution is 7.17. The predicted octanol–water partition coefficient (Wildman–Crippen LogP) is 2.63. The molecule has 2 aromatic rings. The van der Waals surface area contributed by atoms with Crippen LogP contribution >= 0.6 is 11.3 Å². The summed E-state index contributed by atoms with van der Waals surface area (Å²) in [4.78, 5) is 4.84. The lowest BCUT2D eigenvalue weighted by Crippen LogP contribution is -2.46. The van der Waals surface area contributed by atoms with Crippen molar-refractivity contribution in [2.24, 2.45) is 0 Å². The monoisotopic (exact) mass is 262 g/mol. The van der Waals surface area contributed by atoms with Crippen molar-refractivity contribution in [2.75, 3.05) is 44.9 Å². The normalized spacial score (nSPS) is 17.5. The molecule has 3 nitrogen and oxygen atoms in total. The number of hydrogen-bond acceptors (Lipinski definition) is 4. The first kappa shape index (κ1) is 12.0. The average Bonchev–Trinajstić information content (AvgIpc) is 2.88. The fourth-order valence-electron chi connectivity index (χ4n) is 2.55. The quantitative estimate of drug-likeness (QED) is 0.845. The van der Waals surface area contributed by atoms with Gasteiger partial charge in [-0.2, -0.15) is 0 Å². The van der Waals surface area contributed by atoms with Crippen molar-refractivity contribution in [3.63, 3.8) is 0 Å². The molecule has 18 heavy (non-hydrogen) atoms. The summed E-state index contributed by atoms with van der Waals surface area (Å²) in [5.74, 6) is 0. The second-order valence-corrected chi connectivity index (χ2v) is 5.58. The maximum atomic E-state index is 5.19. The summed E-state index contributed by atoms with van der Waals surface area (Å²) in [6.07, 6.45) is 0. The Morgan fingerprint density at radius 1 is 1.17 bits per heavy atom. The Bertz CT molecular complexity index is 517. The lowest BCUT2D eigenvalue weighted by Gasteiger charge is -2.35. The summed E-state index contributed by atoms with van der Waals surface area (Å²) in [6, 6.07) is 8.83. The average molecular weight is 262 g/mol. The third-order valence-corrected chi connectivity index (χ3v) is 4.38. The maximum absolute atomic E-state index is 5.19. The second-order valence-electron chi connectivity index (χ2n) is 4.63. The molecule has 1 saturated heterocycles. The Hall–Kier alpha value is -1.10. The molecule has 0 bridgehead atoms. The zero-order valence-electron chi connectivity index (χ0n) is 10.6. The third kappa shape index (κ3) is 2.23. The third-order valence-electron chi connectivity index (χ3n) is 3.50. The van der Waals surface area contributed by atoms with Crippen LogP contribution in [0.1, 0.15) is 0 Å². The van der Waals surface area contributed by atoms with Gasteiger partial charge in [0.2, 0.25) is 0 Å². The molecule has 0 aliphatic carbocycles. The minimum Gasteiger partial charge on any atom is -0.369 e. The summed E-state index contributed by atoms with van der Waals surface area (Å²) in [5, 5.41) is 3.57. The molecule has 0 amide bonds. The van der Waals surface area contributed by atoms with Crippen LogP contribution in [0.5, 0.6) is 0 Å². The van der Waals surface area contributed by atoms with Crippen LogP contribution in [0.2, 0.25) is 0 Å². The number of benzene rings is 1. The van der Waals surface area contributed by atoms with Crippen molar-refractivity contribution in [3.8, 4) is 0 Å². The predicted molar refractivity (Wildman–Crippen MR) is 77.5 cm³/mol. The topological polar surface area (TPSA) is 15.7 Å². The molecule has 1 aromatic carbocycles. The molecule has 0 spiro atoms. The van der Waals surface area contributed by atoms with Crippen LogP contribution < -0.4 is 4.90 Å². The SMILES string of the molecule is COCN1CCN(c2cccc3sccc23)CC1. The Morgan fingerprint density at radius 3 is 2.78 bits per heavy atom. The van der Waals surface area contributed by atoms with Gasteiger partial charge in [-0.15, -0.1) is 11.3 Å². The first-order chi connectivity index (χ1) is 8.88. The highest BCUT2D eigenvalue weighted by atomic mass is 32.1. The summed E-state index contributed by atoms with van der Waals surface area (Å²) in [7, 11) is 1.76. The molecule has 3 rings (SSSR count). The van der Waals surface area contributed by atoms with E-state index in [4.69, 9.17) is 4.74 Å². The van der Waals surface area contributed by atoms with Crippen molar-refractivity contribution in [1.29, 1.82) is 0 Å². The zero-order valence-corrected chi connectivity index (χ0v) is 11.4. The molecule has 0 unspecified atom stereocenters. The summed E-state index contributed by atoms with van der Waals surface area (Å²) in [5.41, 5.74) is 1.38. The van der Waals surface area contributed by atoms with Crippen LogP contribution in [0.4, 0.5) is 5.69 Å². The number of methoxy groups -OCH3 is 1. The van der Waals surface area contributed by atoms with Crippen LogP contribution in [0.15, 0.2) is 29.6 Å². The maximum Gasteiger partial charge on any atom is 0.0987 e. The Morgan fingerprint density at radius 2 is 2.00 bits per heavy atom. The molecule has 0 radical (unpaired) electrons. The smallest absolute Gasteiger partial charge is 0.0987 e. The summed E-state index contributed by atoms with van der Waals surface area (Å²) < 4.78 is 6.57. The van der Waals surface area contributed by atoms with Crippen LogP contribution in [-0.2, 0) is 4.74 Å². The largest absolute Gasteiger partial charge is 0.369 e. The van der Waals surface area contributed by atoms with E-state index in [1.807, 2.05) is 11.3 Å². The van der Waals surface area contributed by atoms with E-state index in [-0.39, 0.29) is 0 Å². The van der Waals surface area contributed by atoms with E-state index in [0.717, 1.165) is 32.9 Å². The fourth-order valence-corrected chi connectivity index (χ4v) is 3.36. The number of piperazine rings is 1. The number of ether oxygens (including phenoxy) is 1. The van der Waals surface area contributed by atoms with Gasteiger partial charge in [0, 0.05) is 49.1 Å². The molecule has 0 atom stereocenters. The lowest BCUT2D eigenvalue weighted by molar-refractivity contribution is 0.0596. The first-order valence-electron chi connectivity index (χ1n) is 6.31. The highest BCUT2D eigenvalue weighted by Crippen LogP contribution is 2.30. The Kier molecular flexibility index (Phi) is 3.50. The van der Waals surface area contributed by atoms with Gasteiger partial charge in [0.05, 0.1) is 6.73 Å². The van der Waals surface area contributed by atoms with Gasteiger partial charge in [0.25, 0.3) is 0 Å². The number of anilines is 1. The highest BCUT2D eigenvalue weighted by Gasteiger charge is 2.18.